The number of hydrogen-bond acceptors (Lipinski definition) is 6. The van der Waals surface area contributed by atoms with Crippen molar-refractivity contribution in [3.05, 3.63) is 104 Å². The highest BCUT2D eigenvalue weighted by molar-refractivity contribution is 5.17. The van der Waals surface area contributed by atoms with Crippen LogP contribution in [0.15, 0.2) is 76.4 Å². The van der Waals surface area contributed by atoms with Crippen molar-refractivity contribution in [3.63, 3.8) is 0 Å². The first-order chi connectivity index (χ1) is 16.5. The first kappa shape index (κ1) is 22.7. The highest BCUT2D eigenvalue weighted by atomic mass is 16.6. The van der Waals surface area contributed by atoms with E-state index in [1.165, 1.54) is 10.8 Å². The third-order valence-electron chi connectivity index (χ3n) is 6.70. The third-order valence-corrected chi connectivity index (χ3v) is 6.70. The molecule has 5 atom stereocenters. The zero-order valence-electron chi connectivity index (χ0n) is 18.9. The van der Waals surface area contributed by atoms with Crippen LogP contribution in [0.3, 0.4) is 0 Å². The normalized spacial score (nSPS) is 27.8. The third kappa shape index (κ3) is 4.25. The maximum absolute atomic E-state index is 12.6. The average Bonchev–Trinajstić information content (AvgIpc) is 3.29. The largest absolute Gasteiger partial charge is 0.392 e. The first-order valence-electron chi connectivity index (χ1n) is 11.4. The number of benzene rings is 2. The van der Waals surface area contributed by atoms with E-state index in [2.05, 4.69) is 4.98 Å². The van der Waals surface area contributed by atoms with E-state index in [4.69, 9.17) is 14.2 Å². The predicted molar refractivity (Wildman–Crippen MR) is 124 cm³/mol. The number of nitrogens with one attached hydrogen (secondary N) is 1. The Bertz CT molecular complexity index is 1240. The van der Waals surface area contributed by atoms with Gasteiger partial charge in [0.05, 0.1) is 37.9 Å². The van der Waals surface area contributed by atoms with Crippen LogP contribution in [-0.2, 0) is 27.4 Å². The molecule has 1 saturated heterocycles. The molecule has 0 unspecified atom stereocenters. The Hall–Kier alpha value is -3.04. The summed E-state index contributed by atoms with van der Waals surface area (Å²) in [4.78, 5) is 26.8. The van der Waals surface area contributed by atoms with Crippen molar-refractivity contribution < 1.29 is 19.3 Å². The van der Waals surface area contributed by atoms with Gasteiger partial charge >= 0.3 is 5.69 Å². The van der Waals surface area contributed by atoms with Gasteiger partial charge in [0.25, 0.3) is 5.56 Å². The molecule has 2 heterocycles. The van der Waals surface area contributed by atoms with Gasteiger partial charge < -0.3 is 19.3 Å². The molecule has 1 aliphatic heterocycles. The number of aromatic amines is 1. The number of aryl methyl sites for hydroxylation is 1. The van der Waals surface area contributed by atoms with Gasteiger partial charge in [0.2, 0.25) is 0 Å². The summed E-state index contributed by atoms with van der Waals surface area (Å²) >= 11 is 0. The van der Waals surface area contributed by atoms with Crippen LogP contribution in [0.1, 0.15) is 29.3 Å². The molecular weight excluding hydrogens is 436 g/mol. The van der Waals surface area contributed by atoms with Crippen LogP contribution in [0, 0.1) is 12.8 Å². The molecular formula is C26H28N2O6. The Morgan fingerprint density at radius 2 is 1.71 bits per heavy atom. The number of aliphatic hydroxyl groups excluding tert-OH is 1. The van der Waals surface area contributed by atoms with Crippen molar-refractivity contribution in [2.24, 2.45) is 5.92 Å². The summed E-state index contributed by atoms with van der Waals surface area (Å²) in [5, 5.41) is 11.0. The molecule has 8 heteroatoms. The Labute approximate surface area is 196 Å². The molecule has 1 aromatic heterocycles. The summed E-state index contributed by atoms with van der Waals surface area (Å²) in [5.41, 5.74) is 0.457. The number of aliphatic hydroxyl groups is 1. The molecule has 2 fully saturated rings. The number of hydrogen-bond donors (Lipinski definition) is 2. The van der Waals surface area contributed by atoms with Gasteiger partial charge in [-0.05, 0) is 18.1 Å². The molecule has 8 nitrogen and oxygen atoms in total. The van der Waals surface area contributed by atoms with E-state index in [9.17, 15) is 14.7 Å². The van der Waals surface area contributed by atoms with Crippen LogP contribution in [0.25, 0.3) is 0 Å². The van der Waals surface area contributed by atoms with Crippen LogP contribution in [-0.4, -0.2) is 39.1 Å². The smallest absolute Gasteiger partial charge is 0.330 e. The molecule has 0 spiro atoms. The Morgan fingerprint density at radius 3 is 2.38 bits per heavy atom. The van der Waals surface area contributed by atoms with E-state index in [1.54, 1.807) is 6.92 Å². The fraction of sp³-hybridized carbons (Fsp3) is 0.385. The molecule has 3 aromatic rings. The summed E-state index contributed by atoms with van der Waals surface area (Å²) in [7, 11) is 0. The standard InChI is InChI=1S/C26H28N2O6/c1-17-13-28(25(31)27-23(17)30)24-21-20(29)12-26(34-24,16-32-14-18-8-4-2-5-9-18)22(21)33-15-19-10-6-3-7-11-19/h2-11,13,20-22,24,29H,12,14-16H2,1H3,(H,27,30,31)/t20-,21+,22-,24+,26+/m0/s1. The quantitative estimate of drug-likeness (QED) is 0.530. The van der Waals surface area contributed by atoms with E-state index < -0.39 is 41.2 Å². The van der Waals surface area contributed by atoms with Crippen LogP contribution in [0.4, 0.5) is 0 Å². The second kappa shape index (κ2) is 9.31. The molecule has 2 bridgehead atoms. The molecule has 0 amide bonds. The number of fused-ring (bicyclic) bond motifs is 2. The molecule has 0 radical (unpaired) electrons. The van der Waals surface area contributed by atoms with Gasteiger partial charge in [0.15, 0.2) is 0 Å². The summed E-state index contributed by atoms with van der Waals surface area (Å²) in [6.45, 7) is 2.55. The molecule has 2 N–H and O–H groups in total. The van der Waals surface area contributed by atoms with Crippen molar-refractivity contribution >= 4 is 0 Å². The van der Waals surface area contributed by atoms with Crippen LogP contribution in [0.5, 0.6) is 0 Å². The van der Waals surface area contributed by atoms with E-state index >= 15 is 0 Å². The number of H-pyrrole nitrogens is 1. The summed E-state index contributed by atoms with van der Waals surface area (Å²) < 4.78 is 20.2. The minimum Gasteiger partial charge on any atom is -0.392 e. The minimum atomic E-state index is -0.929. The zero-order chi connectivity index (χ0) is 23.7. The summed E-state index contributed by atoms with van der Waals surface area (Å²) in [6, 6.07) is 19.6. The summed E-state index contributed by atoms with van der Waals surface area (Å²) in [6.07, 6.45) is -0.222. The topological polar surface area (TPSA) is 103 Å². The second-order valence-corrected chi connectivity index (χ2v) is 9.10. The highest BCUT2D eigenvalue weighted by Crippen LogP contribution is 2.54. The lowest BCUT2D eigenvalue weighted by atomic mass is 9.99. The maximum atomic E-state index is 12.6. The predicted octanol–water partition coefficient (Wildman–Crippen LogP) is 2.30. The summed E-state index contributed by atoms with van der Waals surface area (Å²) in [5.74, 6) is -0.493. The van der Waals surface area contributed by atoms with Gasteiger partial charge in [-0.25, -0.2) is 4.79 Å². The van der Waals surface area contributed by atoms with E-state index in [-0.39, 0.29) is 6.61 Å². The average molecular weight is 465 g/mol. The van der Waals surface area contributed by atoms with Crippen LogP contribution < -0.4 is 11.2 Å². The fourth-order valence-corrected chi connectivity index (χ4v) is 5.06. The van der Waals surface area contributed by atoms with Crippen molar-refractivity contribution in [1.82, 2.24) is 9.55 Å². The SMILES string of the molecule is Cc1cn([C@@H]2O[C@@]3(COCc4ccccc4)C[C@H](O)[C@@H]2[C@@H]3OCc2ccccc2)c(=O)[nH]c1=O. The number of aromatic nitrogens is 2. The van der Waals surface area contributed by atoms with Gasteiger partial charge in [-0.2, -0.15) is 0 Å². The monoisotopic (exact) mass is 464 g/mol. The Kier molecular flexibility index (Phi) is 6.22. The molecule has 5 rings (SSSR count). The Morgan fingerprint density at radius 1 is 1.06 bits per heavy atom. The molecule has 1 aliphatic carbocycles. The van der Waals surface area contributed by atoms with Crippen molar-refractivity contribution in [2.45, 2.75) is 50.6 Å². The lowest BCUT2D eigenvalue weighted by molar-refractivity contribution is -0.176. The number of nitrogens with zero attached hydrogens (tertiary/aromatic N) is 1. The van der Waals surface area contributed by atoms with Crippen molar-refractivity contribution in [3.8, 4) is 0 Å². The molecule has 2 aromatic carbocycles. The molecule has 34 heavy (non-hydrogen) atoms. The van der Waals surface area contributed by atoms with Crippen molar-refractivity contribution in [1.29, 1.82) is 0 Å². The van der Waals surface area contributed by atoms with E-state index in [1.807, 2.05) is 60.7 Å². The fourth-order valence-electron chi connectivity index (χ4n) is 5.06. The van der Waals surface area contributed by atoms with E-state index in [0.29, 0.717) is 25.2 Å². The second-order valence-electron chi connectivity index (χ2n) is 9.10. The lowest BCUT2D eigenvalue weighted by Gasteiger charge is -2.34. The lowest BCUT2D eigenvalue weighted by Crippen LogP contribution is -2.44. The first-order valence-corrected chi connectivity index (χ1v) is 11.4. The van der Waals surface area contributed by atoms with Crippen LogP contribution in [0.2, 0.25) is 0 Å². The highest BCUT2D eigenvalue weighted by Gasteiger charge is 2.65. The molecule has 2 aliphatic rings. The van der Waals surface area contributed by atoms with E-state index in [0.717, 1.165) is 11.1 Å². The van der Waals surface area contributed by atoms with Gasteiger partial charge in [-0.1, -0.05) is 60.7 Å². The van der Waals surface area contributed by atoms with Crippen molar-refractivity contribution in [2.75, 3.05) is 6.61 Å². The van der Waals surface area contributed by atoms with Crippen LogP contribution >= 0.6 is 0 Å². The van der Waals surface area contributed by atoms with Gasteiger partial charge in [-0.3, -0.25) is 14.3 Å². The van der Waals surface area contributed by atoms with Gasteiger partial charge in [0.1, 0.15) is 11.8 Å². The molecule has 178 valence electrons. The van der Waals surface area contributed by atoms with Gasteiger partial charge in [0, 0.05) is 18.2 Å². The minimum absolute atomic E-state index is 0.197. The number of rotatable bonds is 8. The maximum Gasteiger partial charge on any atom is 0.330 e. The number of ether oxygens (including phenoxy) is 3. The van der Waals surface area contributed by atoms with Gasteiger partial charge in [-0.15, -0.1) is 0 Å². The molecule has 1 saturated carbocycles. The Balaban J connectivity index is 1.43. The zero-order valence-corrected chi connectivity index (χ0v) is 18.9.